The fourth-order valence-electron chi connectivity index (χ4n) is 3.34. The lowest BCUT2D eigenvalue weighted by molar-refractivity contribution is -0.120. The normalized spacial score (nSPS) is 13.7. The Kier molecular flexibility index (Phi) is 5.82. The van der Waals surface area contributed by atoms with Crippen LogP contribution in [0.1, 0.15) is 11.1 Å². The number of para-hydroxylation sites is 2. The number of methoxy groups -OCH3 is 1. The van der Waals surface area contributed by atoms with Gasteiger partial charge in [0.25, 0.3) is 11.8 Å². The molecule has 0 radical (unpaired) electrons. The summed E-state index contributed by atoms with van der Waals surface area (Å²) in [6, 6.07) is 22.6. The molecule has 5 nitrogen and oxygen atoms in total. The summed E-state index contributed by atoms with van der Waals surface area (Å²) in [6.45, 7) is 3.98. The number of amides is 2. The molecule has 0 spiro atoms. The van der Waals surface area contributed by atoms with Crippen molar-refractivity contribution in [1.29, 1.82) is 0 Å². The van der Waals surface area contributed by atoms with E-state index in [4.69, 9.17) is 4.74 Å². The predicted octanol–water partition coefficient (Wildman–Crippen LogP) is 5.30. The van der Waals surface area contributed by atoms with Gasteiger partial charge < -0.3 is 10.1 Å². The van der Waals surface area contributed by atoms with Crippen molar-refractivity contribution in [2.24, 2.45) is 0 Å². The third-order valence-electron chi connectivity index (χ3n) is 4.90. The van der Waals surface area contributed by atoms with E-state index in [-0.39, 0.29) is 11.6 Å². The molecule has 0 aliphatic carbocycles. The lowest BCUT2D eigenvalue weighted by atomic mass is 10.2. The number of aryl methyl sites for hydroxylation is 2. The summed E-state index contributed by atoms with van der Waals surface area (Å²) in [5, 5.41) is 3.19. The largest absolute Gasteiger partial charge is 0.495 e. The lowest BCUT2D eigenvalue weighted by Crippen LogP contribution is -2.32. The van der Waals surface area contributed by atoms with Gasteiger partial charge in [-0.1, -0.05) is 53.7 Å². The zero-order valence-corrected chi connectivity index (χ0v) is 18.3. The highest BCUT2D eigenvalue weighted by Crippen LogP contribution is 2.40. The lowest BCUT2D eigenvalue weighted by Gasteiger charge is -2.18. The highest BCUT2D eigenvalue weighted by molar-refractivity contribution is 8.04. The standard InChI is InChI=1S/C25H22N2O3S/c1-16-11-13-19(14-12-16)31-23-22(26-18-8-6-7-17(2)15-18)24(28)27(25(23)29)20-9-4-5-10-21(20)30-3/h4-15,26H,1-3H3. The number of nitrogens with zero attached hydrogens (tertiary/aromatic N) is 1. The van der Waals surface area contributed by atoms with Gasteiger partial charge in [0.1, 0.15) is 16.4 Å². The van der Waals surface area contributed by atoms with E-state index in [1.807, 2.05) is 62.4 Å². The van der Waals surface area contributed by atoms with Gasteiger partial charge in [0, 0.05) is 10.6 Å². The zero-order chi connectivity index (χ0) is 22.0. The number of benzene rings is 3. The maximum atomic E-state index is 13.5. The van der Waals surface area contributed by atoms with E-state index in [0.717, 1.165) is 21.7 Å². The van der Waals surface area contributed by atoms with Gasteiger partial charge in [-0.15, -0.1) is 0 Å². The van der Waals surface area contributed by atoms with Crippen LogP contribution in [0.3, 0.4) is 0 Å². The van der Waals surface area contributed by atoms with Crippen molar-refractivity contribution in [2.75, 3.05) is 17.3 Å². The summed E-state index contributed by atoms with van der Waals surface area (Å²) in [7, 11) is 1.52. The molecule has 1 heterocycles. The smallest absolute Gasteiger partial charge is 0.283 e. The number of ether oxygens (including phenoxy) is 1. The van der Waals surface area contributed by atoms with Gasteiger partial charge >= 0.3 is 0 Å². The molecule has 31 heavy (non-hydrogen) atoms. The van der Waals surface area contributed by atoms with Crippen LogP contribution >= 0.6 is 11.8 Å². The first kappa shape index (κ1) is 20.8. The van der Waals surface area contributed by atoms with Crippen molar-refractivity contribution in [1.82, 2.24) is 0 Å². The van der Waals surface area contributed by atoms with Gasteiger partial charge in [-0.2, -0.15) is 0 Å². The van der Waals surface area contributed by atoms with Gasteiger partial charge in [-0.25, -0.2) is 4.90 Å². The van der Waals surface area contributed by atoms with E-state index >= 15 is 0 Å². The average molecular weight is 431 g/mol. The molecule has 3 aromatic rings. The molecule has 0 atom stereocenters. The van der Waals surface area contributed by atoms with Crippen LogP contribution in [0.25, 0.3) is 0 Å². The number of imide groups is 1. The van der Waals surface area contributed by atoms with Crippen molar-refractivity contribution in [3.8, 4) is 5.75 Å². The molecule has 1 N–H and O–H groups in total. The Morgan fingerprint density at radius 3 is 2.29 bits per heavy atom. The Hall–Kier alpha value is -3.51. The number of carbonyl (C=O) groups is 2. The molecule has 3 aromatic carbocycles. The number of thioether (sulfide) groups is 1. The van der Waals surface area contributed by atoms with Gasteiger partial charge in [0.2, 0.25) is 0 Å². The van der Waals surface area contributed by atoms with Crippen molar-refractivity contribution in [2.45, 2.75) is 18.7 Å². The summed E-state index contributed by atoms with van der Waals surface area (Å²) in [6.07, 6.45) is 0. The Bertz CT molecular complexity index is 1190. The topological polar surface area (TPSA) is 58.6 Å². The molecule has 0 saturated heterocycles. The molecule has 4 rings (SSSR count). The first-order valence-corrected chi connectivity index (χ1v) is 10.6. The van der Waals surface area contributed by atoms with Crippen LogP contribution in [0.5, 0.6) is 5.75 Å². The minimum Gasteiger partial charge on any atom is -0.495 e. The van der Waals surface area contributed by atoms with Crippen molar-refractivity contribution in [3.05, 3.63) is 94.5 Å². The second kappa shape index (κ2) is 8.70. The number of carbonyl (C=O) groups excluding carboxylic acids is 2. The van der Waals surface area contributed by atoms with Crippen molar-refractivity contribution < 1.29 is 14.3 Å². The molecule has 0 aromatic heterocycles. The van der Waals surface area contributed by atoms with Crippen LogP contribution in [0.4, 0.5) is 11.4 Å². The van der Waals surface area contributed by atoms with Crippen LogP contribution in [0.15, 0.2) is 88.3 Å². The molecule has 156 valence electrons. The highest BCUT2D eigenvalue weighted by Gasteiger charge is 2.41. The van der Waals surface area contributed by atoms with Crippen molar-refractivity contribution >= 4 is 35.0 Å². The number of rotatable bonds is 6. The van der Waals surface area contributed by atoms with Crippen LogP contribution in [0.2, 0.25) is 0 Å². The van der Waals surface area contributed by atoms with E-state index in [9.17, 15) is 9.59 Å². The van der Waals surface area contributed by atoms with Gasteiger partial charge in [-0.3, -0.25) is 9.59 Å². The molecular formula is C25H22N2O3S. The molecule has 0 bridgehead atoms. The second-order valence-electron chi connectivity index (χ2n) is 7.23. The maximum Gasteiger partial charge on any atom is 0.283 e. The predicted molar refractivity (Wildman–Crippen MR) is 124 cm³/mol. The Balaban J connectivity index is 1.77. The van der Waals surface area contributed by atoms with Crippen LogP contribution in [-0.2, 0) is 9.59 Å². The minimum absolute atomic E-state index is 0.257. The third kappa shape index (κ3) is 4.20. The average Bonchev–Trinajstić information content (AvgIpc) is 2.99. The molecule has 0 fully saturated rings. The first-order valence-electron chi connectivity index (χ1n) is 9.82. The maximum absolute atomic E-state index is 13.5. The van der Waals surface area contributed by atoms with Crippen LogP contribution in [-0.4, -0.2) is 18.9 Å². The molecule has 0 unspecified atom stereocenters. The summed E-state index contributed by atoms with van der Waals surface area (Å²) >= 11 is 1.28. The summed E-state index contributed by atoms with van der Waals surface area (Å²) < 4.78 is 5.40. The molecule has 1 aliphatic heterocycles. The summed E-state index contributed by atoms with van der Waals surface area (Å²) in [5.41, 5.74) is 3.60. The zero-order valence-electron chi connectivity index (χ0n) is 17.5. The van der Waals surface area contributed by atoms with Gasteiger partial charge in [-0.05, 0) is 55.8 Å². The quantitative estimate of drug-likeness (QED) is 0.538. The van der Waals surface area contributed by atoms with Gasteiger partial charge in [0.15, 0.2) is 0 Å². The summed E-state index contributed by atoms with van der Waals surface area (Å²) in [5.74, 6) is -0.332. The number of anilines is 2. The van der Waals surface area contributed by atoms with E-state index in [2.05, 4.69) is 5.32 Å². The fourth-order valence-corrected chi connectivity index (χ4v) is 4.27. The molecular weight excluding hydrogens is 408 g/mol. The van der Waals surface area contributed by atoms with E-state index < -0.39 is 5.91 Å². The van der Waals surface area contributed by atoms with E-state index in [1.165, 1.54) is 23.8 Å². The van der Waals surface area contributed by atoms with Gasteiger partial charge in [0.05, 0.1) is 12.8 Å². The molecule has 1 aliphatic rings. The van der Waals surface area contributed by atoms with E-state index in [0.29, 0.717) is 16.3 Å². The Labute approximate surface area is 185 Å². The first-order chi connectivity index (χ1) is 15.0. The highest BCUT2D eigenvalue weighted by atomic mass is 32.2. The van der Waals surface area contributed by atoms with Crippen molar-refractivity contribution in [3.63, 3.8) is 0 Å². The number of nitrogens with one attached hydrogen (secondary N) is 1. The molecule has 2 amide bonds. The number of hydrogen-bond donors (Lipinski definition) is 1. The van der Waals surface area contributed by atoms with E-state index in [1.54, 1.807) is 24.3 Å². The SMILES string of the molecule is COc1ccccc1N1C(=O)C(Nc2cccc(C)c2)=C(Sc2ccc(C)cc2)C1=O. The monoisotopic (exact) mass is 430 g/mol. The fraction of sp³-hybridized carbons (Fsp3) is 0.120. The minimum atomic E-state index is -0.411. The van der Waals surface area contributed by atoms with Crippen LogP contribution in [0, 0.1) is 13.8 Å². The summed E-state index contributed by atoms with van der Waals surface area (Å²) in [4.78, 5) is 29.3. The Morgan fingerprint density at radius 2 is 1.58 bits per heavy atom. The second-order valence-corrected chi connectivity index (χ2v) is 8.32. The molecule has 0 saturated carbocycles. The third-order valence-corrected chi connectivity index (χ3v) is 5.99. The molecule has 6 heteroatoms. The van der Waals surface area contributed by atoms with Crippen LogP contribution < -0.4 is 15.0 Å². The Morgan fingerprint density at radius 1 is 0.839 bits per heavy atom. The number of hydrogen-bond acceptors (Lipinski definition) is 5.